The number of nitrogens with one attached hydrogen (secondary N) is 1. The first-order chi connectivity index (χ1) is 16.4. The lowest BCUT2D eigenvalue weighted by Gasteiger charge is -2.20. The topological polar surface area (TPSA) is 94.1 Å². The predicted octanol–water partition coefficient (Wildman–Crippen LogP) is 4.26. The molecule has 2 aromatic rings. The lowest BCUT2D eigenvalue weighted by molar-refractivity contribution is -0.185. The van der Waals surface area contributed by atoms with Crippen molar-refractivity contribution in [3.05, 3.63) is 58.1 Å². The van der Waals surface area contributed by atoms with E-state index in [1.165, 1.54) is 25.3 Å². The molecule has 35 heavy (non-hydrogen) atoms. The molecule has 2 rings (SSSR count). The molecular formula is C23H24ClF4NO6. The van der Waals surface area contributed by atoms with Crippen molar-refractivity contribution in [2.24, 2.45) is 0 Å². The molecule has 0 heterocycles. The van der Waals surface area contributed by atoms with E-state index in [9.17, 15) is 32.3 Å². The first-order valence-electron chi connectivity index (χ1n) is 10.2. The van der Waals surface area contributed by atoms with Gasteiger partial charge in [0.1, 0.15) is 18.1 Å². The minimum atomic E-state index is -4.48. The standard InChI is InChI=1S/C23H24ClF4NO6/c1-13-3-5-18(16(24)7-13)34-11-20(30)29-10-15-8-14(4-6-17(15)33-2)9-19(21(31)32)35-12-23(27,28)22(25)26/h3-8,19,22H,9-12H2,1-2H3,(H,29,30)(H,31,32). The highest BCUT2D eigenvalue weighted by Crippen LogP contribution is 2.26. The third kappa shape index (κ3) is 8.59. The molecular weight excluding hydrogens is 498 g/mol. The summed E-state index contributed by atoms with van der Waals surface area (Å²) < 4.78 is 66.1. The summed E-state index contributed by atoms with van der Waals surface area (Å²) in [5.74, 6) is -5.84. The summed E-state index contributed by atoms with van der Waals surface area (Å²) in [7, 11) is 1.39. The number of aryl methyl sites for hydroxylation is 1. The molecule has 7 nitrogen and oxygen atoms in total. The van der Waals surface area contributed by atoms with Crippen LogP contribution in [0.5, 0.6) is 11.5 Å². The Morgan fingerprint density at radius 3 is 2.43 bits per heavy atom. The van der Waals surface area contributed by atoms with Gasteiger partial charge >= 0.3 is 18.3 Å². The Labute approximate surface area is 203 Å². The normalized spacial score (nSPS) is 12.3. The van der Waals surface area contributed by atoms with Crippen LogP contribution in [0.3, 0.4) is 0 Å². The van der Waals surface area contributed by atoms with Gasteiger partial charge in [0.2, 0.25) is 0 Å². The number of benzene rings is 2. The predicted molar refractivity (Wildman–Crippen MR) is 119 cm³/mol. The molecule has 0 saturated heterocycles. The van der Waals surface area contributed by atoms with Crippen LogP contribution in [-0.2, 0) is 27.3 Å². The summed E-state index contributed by atoms with van der Waals surface area (Å²) >= 11 is 6.07. The Morgan fingerprint density at radius 2 is 1.83 bits per heavy atom. The number of rotatable bonds is 13. The van der Waals surface area contributed by atoms with Crippen LogP contribution < -0.4 is 14.8 Å². The van der Waals surface area contributed by atoms with E-state index >= 15 is 0 Å². The number of carboxylic acids is 1. The number of carboxylic acid groups (broad SMARTS) is 1. The summed E-state index contributed by atoms with van der Waals surface area (Å²) in [5, 5.41) is 12.2. The fourth-order valence-electron chi connectivity index (χ4n) is 2.91. The van der Waals surface area contributed by atoms with E-state index < -0.39 is 36.9 Å². The first kappa shape index (κ1) is 28.2. The second-order valence-electron chi connectivity index (χ2n) is 7.55. The molecule has 0 spiro atoms. The van der Waals surface area contributed by atoms with E-state index in [0.717, 1.165) is 5.56 Å². The van der Waals surface area contributed by atoms with E-state index in [4.69, 9.17) is 21.1 Å². The van der Waals surface area contributed by atoms with Crippen LogP contribution in [0.1, 0.15) is 16.7 Å². The summed E-state index contributed by atoms with van der Waals surface area (Å²) in [6.07, 6.45) is -6.16. The van der Waals surface area contributed by atoms with Gasteiger partial charge in [-0.15, -0.1) is 0 Å². The molecule has 0 saturated carbocycles. The van der Waals surface area contributed by atoms with Crippen LogP contribution in [0.25, 0.3) is 0 Å². The molecule has 0 fully saturated rings. The van der Waals surface area contributed by atoms with Gasteiger partial charge in [-0.05, 0) is 36.2 Å². The molecule has 0 aliphatic rings. The fourth-order valence-corrected chi connectivity index (χ4v) is 3.20. The summed E-state index contributed by atoms with van der Waals surface area (Å²) in [4.78, 5) is 23.6. The monoisotopic (exact) mass is 521 g/mol. The highest BCUT2D eigenvalue weighted by molar-refractivity contribution is 6.32. The Kier molecular flexibility index (Phi) is 10.1. The van der Waals surface area contributed by atoms with Gasteiger partial charge in [-0.1, -0.05) is 29.8 Å². The third-order valence-corrected chi connectivity index (χ3v) is 5.06. The Morgan fingerprint density at radius 1 is 1.14 bits per heavy atom. The second kappa shape index (κ2) is 12.6. The highest BCUT2D eigenvalue weighted by atomic mass is 35.5. The number of alkyl halides is 4. The molecule has 1 unspecified atom stereocenters. The molecule has 2 aromatic carbocycles. The third-order valence-electron chi connectivity index (χ3n) is 4.76. The van der Waals surface area contributed by atoms with E-state index in [0.29, 0.717) is 27.6 Å². The maximum atomic E-state index is 13.1. The van der Waals surface area contributed by atoms with Gasteiger partial charge in [0.25, 0.3) is 5.91 Å². The van der Waals surface area contributed by atoms with Crippen molar-refractivity contribution >= 4 is 23.5 Å². The highest BCUT2D eigenvalue weighted by Gasteiger charge is 2.42. The molecule has 0 aromatic heterocycles. The molecule has 2 N–H and O–H groups in total. The Balaban J connectivity index is 2.01. The molecule has 0 aliphatic heterocycles. The van der Waals surface area contributed by atoms with Gasteiger partial charge in [-0.25, -0.2) is 13.6 Å². The largest absolute Gasteiger partial charge is 0.496 e. The van der Waals surface area contributed by atoms with Crippen molar-refractivity contribution in [2.45, 2.75) is 38.3 Å². The summed E-state index contributed by atoms with van der Waals surface area (Å²) in [6.45, 7) is -0.236. The smallest absolute Gasteiger partial charge is 0.333 e. The molecule has 0 aliphatic carbocycles. The van der Waals surface area contributed by atoms with E-state index in [2.05, 4.69) is 10.1 Å². The van der Waals surface area contributed by atoms with Gasteiger partial charge < -0.3 is 24.6 Å². The van der Waals surface area contributed by atoms with E-state index in [1.807, 2.05) is 6.92 Å². The van der Waals surface area contributed by atoms with Gasteiger partial charge in [0.05, 0.1) is 12.1 Å². The van der Waals surface area contributed by atoms with Gasteiger partial charge in [0.15, 0.2) is 12.7 Å². The average molecular weight is 522 g/mol. The van der Waals surface area contributed by atoms with Crippen molar-refractivity contribution in [1.29, 1.82) is 0 Å². The number of aliphatic carboxylic acids is 1. The molecule has 1 atom stereocenters. The minimum absolute atomic E-state index is 0.0249. The lowest BCUT2D eigenvalue weighted by atomic mass is 10.0. The zero-order valence-corrected chi connectivity index (χ0v) is 19.6. The zero-order valence-electron chi connectivity index (χ0n) is 18.8. The second-order valence-corrected chi connectivity index (χ2v) is 7.96. The van der Waals surface area contributed by atoms with Gasteiger partial charge in [0, 0.05) is 18.5 Å². The van der Waals surface area contributed by atoms with E-state index in [-0.39, 0.29) is 19.6 Å². The van der Waals surface area contributed by atoms with Crippen LogP contribution in [0.2, 0.25) is 5.02 Å². The number of halogens is 5. The number of amides is 1. The number of ether oxygens (including phenoxy) is 3. The average Bonchev–Trinajstić information content (AvgIpc) is 2.79. The molecule has 192 valence electrons. The number of hydrogen-bond donors (Lipinski definition) is 2. The molecule has 0 bridgehead atoms. The molecule has 0 radical (unpaired) electrons. The quantitative estimate of drug-likeness (QED) is 0.382. The fraction of sp³-hybridized carbons (Fsp3) is 0.391. The number of carbonyl (C=O) groups is 2. The number of carbonyl (C=O) groups excluding carboxylic acids is 1. The van der Waals surface area contributed by atoms with Crippen molar-refractivity contribution in [3.63, 3.8) is 0 Å². The van der Waals surface area contributed by atoms with Crippen molar-refractivity contribution in [3.8, 4) is 11.5 Å². The van der Waals surface area contributed by atoms with Crippen molar-refractivity contribution in [1.82, 2.24) is 5.32 Å². The Bertz CT molecular complexity index is 1040. The molecule has 1 amide bonds. The SMILES string of the molecule is COc1ccc(CC(OCC(F)(F)C(F)F)C(=O)O)cc1CNC(=O)COc1ccc(C)cc1Cl. The van der Waals surface area contributed by atoms with Crippen molar-refractivity contribution in [2.75, 3.05) is 20.3 Å². The Hall–Kier alpha value is -3.05. The van der Waals surface area contributed by atoms with Crippen LogP contribution in [0.4, 0.5) is 17.6 Å². The summed E-state index contributed by atoms with van der Waals surface area (Å²) in [6, 6.07) is 9.55. The van der Waals surface area contributed by atoms with Gasteiger partial charge in [-0.2, -0.15) is 8.78 Å². The number of methoxy groups -OCH3 is 1. The maximum absolute atomic E-state index is 13.1. The van der Waals surface area contributed by atoms with Crippen LogP contribution >= 0.6 is 11.6 Å². The van der Waals surface area contributed by atoms with Crippen LogP contribution in [-0.4, -0.2) is 55.8 Å². The maximum Gasteiger partial charge on any atom is 0.333 e. The van der Waals surface area contributed by atoms with E-state index in [1.54, 1.807) is 18.2 Å². The van der Waals surface area contributed by atoms with Gasteiger partial charge in [-0.3, -0.25) is 4.79 Å². The number of hydrogen-bond acceptors (Lipinski definition) is 5. The minimum Gasteiger partial charge on any atom is -0.496 e. The summed E-state index contributed by atoms with van der Waals surface area (Å²) in [5.41, 5.74) is 1.72. The van der Waals surface area contributed by atoms with Crippen molar-refractivity contribution < 1.29 is 46.5 Å². The molecule has 12 heteroatoms. The van der Waals surface area contributed by atoms with Crippen LogP contribution in [0, 0.1) is 6.92 Å². The lowest BCUT2D eigenvalue weighted by Crippen LogP contribution is -2.37. The first-order valence-corrected chi connectivity index (χ1v) is 10.6. The van der Waals surface area contributed by atoms with Crippen LogP contribution in [0.15, 0.2) is 36.4 Å². The zero-order chi connectivity index (χ0) is 26.2.